The molecule has 1 amide bonds. The van der Waals surface area contributed by atoms with E-state index in [1.807, 2.05) is 36.1 Å². The molecule has 1 saturated heterocycles. The molecule has 1 saturated carbocycles. The number of benzene rings is 1. The van der Waals surface area contributed by atoms with E-state index in [9.17, 15) is 4.79 Å². The highest BCUT2D eigenvalue weighted by Crippen LogP contribution is 2.38. The van der Waals surface area contributed by atoms with Gasteiger partial charge < -0.3 is 10.6 Å². The van der Waals surface area contributed by atoms with Crippen LogP contribution in [0.5, 0.6) is 0 Å². The second kappa shape index (κ2) is 4.39. The number of aryl methyl sites for hydroxylation is 1. The van der Waals surface area contributed by atoms with Gasteiger partial charge in [-0.2, -0.15) is 0 Å². The minimum atomic E-state index is -0.495. The van der Waals surface area contributed by atoms with Crippen molar-refractivity contribution >= 4 is 5.91 Å². The van der Waals surface area contributed by atoms with Crippen LogP contribution in [0.3, 0.4) is 0 Å². The average Bonchev–Trinajstić information content (AvgIpc) is 3.00. The third-order valence-corrected chi connectivity index (χ3v) is 4.39. The fourth-order valence-electron chi connectivity index (χ4n) is 3.29. The Labute approximate surface area is 108 Å². The van der Waals surface area contributed by atoms with Crippen LogP contribution in [0.15, 0.2) is 24.3 Å². The minimum absolute atomic E-state index is 0.103. The van der Waals surface area contributed by atoms with E-state index in [1.165, 1.54) is 18.4 Å². The second-order valence-corrected chi connectivity index (χ2v) is 5.71. The van der Waals surface area contributed by atoms with E-state index >= 15 is 0 Å². The van der Waals surface area contributed by atoms with Gasteiger partial charge in [-0.05, 0) is 37.7 Å². The summed E-state index contributed by atoms with van der Waals surface area (Å²) in [4.78, 5) is 14.4. The summed E-state index contributed by atoms with van der Waals surface area (Å²) in [6, 6.07) is 7.92. The standard InChI is InChI=1S/C15H20N2O/c1-10-2-5-12(6-3-10)14(16)15(18)17-9-11-4-7-13(17)8-11/h2-3,5-6,11,13-14H,4,7-9,16H2,1H3. The van der Waals surface area contributed by atoms with E-state index in [1.54, 1.807) is 0 Å². The summed E-state index contributed by atoms with van der Waals surface area (Å²) in [7, 11) is 0. The normalized spacial score (nSPS) is 27.6. The summed E-state index contributed by atoms with van der Waals surface area (Å²) in [6.07, 6.45) is 3.64. The Morgan fingerprint density at radius 3 is 2.61 bits per heavy atom. The van der Waals surface area contributed by atoms with E-state index in [2.05, 4.69) is 0 Å². The number of carbonyl (C=O) groups is 1. The lowest BCUT2D eigenvalue weighted by Crippen LogP contribution is -2.43. The van der Waals surface area contributed by atoms with Gasteiger partial charge in [0.1, 0.15) is 6.04 Å². The van der Waals surface area contributed by atoms with Gasteiger partial charge in [0.2, 0.25) is 5.91 Å². The van der Waals surface area contributed by atoms with Crippen LogP contribution in [0.1, 0.15) is 36.4 Å². The van der Waals surface area contributed by atoms with Gasteiger partial charge in [-0.25, -0.2) is 0 Å². The number of rotatable bonds is 2. The van der Waals surface area contributed by atoms with Gasteiger partial charge in [-0.15, -0.1) is 0 Å². The van der Waals surface area contributed by atoms with Crippen molar-refractivity contribution in [2.45, 2.75) is 38.3 Å². The number of carbonyl (C=O) groups excluding carboxylic acids is 1. The number of hydrogen-bond donors (Lipinski definition) is 1. The largest absolute Gasteiger partial charge is 0.338 e. The second-order valence-electron chi connectivity index (χ2n) is 5.71. The maximum atomic E-state index is 12.4. The zero-order valence-electron chi connectivity index (χ0n) is 10.8. The maximum Gasteiger partial charge on any atom is 0.244 e. The highest BCUT2D eigenvalue weighted by Gasteiger charge is 2.41. The van der Waals surface area contributed by atoms with Crippen molar-refractivity contribution in [2.24, 2.45) is 11.7 Å². The SMILES string of the molecule is Cc1ccc(C(N)C(=O)N2CC3CCC2C3)cc1. The van der Waals surface area contributed by atoms with Crippen molar-refractivity contribution < 1.29 is 4.79 Å². The van der Waals surface area contributed by atoms with Gasteiger partial charge in [0.15, 0.2) is 0 Å². The van der Waals surface area contributed by atoms with E-state index in [0.29, 0.717) is 6.04 Å². The molecule has 0 aromatic heterocycles. The Hall–Kier alpha value is -1.35. The molecule has 3 heteroatoms. The predicted molar refractivity (Wildman–Crippen MR) is 70.9 cm³/mol. The van der Waals surface area contributed by atoms with Gasteiger partial charge in [0.05, 0.1) is 0 Å². The molecule has 18 heavy (non-hydrogen) atoms. The lowest BCUT2D eigenvalue weighted by molar-refractivity contribution is -0.134. The summed E-state index contributed by atoms with van der Waals surface area (Å²) in [5.41, 5.74) is 8.23. The van der Waals surface area contributed by atoms with E-state index < -0.39 is 6.04 Å². The zero-order valence-corrected chi connectivity index (χ0v) is 10.8. The Morgan fingerprint density at radius 1 is 1.33 bits per heavy atom. The number of piperidine rings is 1. The van der Waals surface area contributed by atoms with Crippen molar-refractivity contribution in [1.29, 1.82) is 0 Å². The number of fused-ring (bicyclic) bond motifs is 2. The topological polar surface area (TPSA) is 46.3 Å². The maximum absolute atomic E-state index is 12.4. The average molecular weight is 244 g/mol. The molecule has 1 heterocycles. The van der Waals surface area contributed by atoms with Crippen LogP contribution in [-0.2, 0) is 4.79 Å². The van der Waals surface area contributed by atoms with Crippen LogP contribution in [0, 0.1) is 12.8 Å². The molecule has 3 atom stereocenters. The zero-order chi connectivity index (χ0) is 12.7. The molecule has 1 aliphatic heterocycles. The Balaban J connectivity index is 1.74. The first-order valence-corrected chi connectivity index (χ1v) is 6.78. The third kappa shape index (κ3) is 1.93. The van der Waals surface area contributed by atoms with E-state index in [0.717, 1.165) is 24.4 Å². The Bertz CT molecular complexity index is 454. The van der Waals surface area contributed by atoms with Gasteiger partial charge in [0.25, 0.3) is 0 Å². The Kier molecular flexibility index (Phi) is 2.86. The van der Waals surface area contributed by atoms with Crippen molar-refractivity contribution in [3.8, 4) is 0 Å². The summed E-state index contributed by atoms with van der Waals surface area (Å²) < 4.78 is 0. The molecule has 96 valence electrons. The molecule has 0 radical (unpaired) electrons. The van der Waals surface area contributed by atoms with Gasteiger partial charge in [-0.3, -0.25) is 4.79 Å². The first-order valence-electron chi connectivity index (χ1n) is 6.78. The Morgan fingerprint density at radius 2 is 2.06 bits per heavy atom. The molecule has 2 aliphatic rings. The van der Waals surface area contributed by atoms with Crippen molar-refractivity contribution in [3.05, 3.63) is 35.4 Å². The van der Waals surface area contributed by atoms with E-state index in [4.69, 9.17) is 5.73 Å². The van der Waals surface area contributed by atoms with E-state index in [-0.39, 0.29) is 5.91 Å². The molecule has 3 unspecified atom stereocenters. The molecule has 1 aromatic rings. The van der Waals surface area contributed by atoms with Gasteiger partial charge in [-0.1, -0.05) is 29.8 Å². The van der Waals surface area contributed by atoms with Crippen molar-refractivity contribution in [3.63, 3.8) is 0 Å². The number of nitrogens with zero attached hydrogens (tertiary/aromatic N) is 1. The first-order chi connectivity index (χ1) is 8.65. The summed E-state index contributed by atoms with van der Waals surface area (Å²) >= 11 is 0. The van der Waals surface area contributed by atoms with Crippen LogP contribution < -0.4 is 5.73 Å². The minimum Gasteiger partial charge on any atom is -0.338 e. The molecule has 3 rings (SSSR count). The number of nitrogens with two attached hydrogens (primary N) is 1. The van der Waals surface area contributed by atoms with Crippen LogP contribution in [0.4, 0.5) is 0 Å². The number of hydrogen-bond acceptors (Lipinski definition) is 2. The third-order valence-electron chi connectivity index (χ3n) is 4.39. The fraction of sp³-hybridized carbons (Fsp3) is 0.533. The van der Waals surface area contributed by atoms with Crippen molar-refractivity contribution in [1.82, 2.24) is 4.90 Å². The molecule has 3 nitrogen and oxygen atoms in total. The summed E-state index contributed by atoms with van der Waals surface area (Å²) in [5, 5.41) is 0. The summed E-state index contributed by atoms with van der Waals surface area (Å²) in [6.45, 7) is 2.96. The van der Waals surface area contributed by atoms with Gasteiger partial charge in [0, 0.05) is 12.6 Å². The van der Waals surface area contributed by atoms with Crippen LogP contribution in [0.2, 0.25) is 0 Å². The highest BCUT2D eigenvalue weighted by molar-refractivity contribution is 5.83. The molecule has 2 bridgehead atoms. The molecular formula is C15H20N2O. The molecule has 2 fully saturated rings. The lowest BCUT2D eigenvalue weighted by atomic mass is 10.0. The number of likely N-dealkylation sites (tertiary alicyclic amines) is 1. The van der Waals surface area contributed by atoms with Crippen molar-refractivity contribution in [2.75, 3.05) is 6.54 Å². The highest BCUT2D eigenvalue weighted by atomic mass is 16.2. The smallest absolute Gasteiger partial charge is 0.244 e. The van der Waals surface area contributed by atoms with Crippen LogP contribution >= 0.6 is 0 Å². The fourth-order valence-corrected chi connectivity index (χ4v) is 3.29. The molecular weight excluding hydrogens is 224 g/mol. The number of amides is 1. The monoisotopic (exact) mass is 244 g/mol. The predicted octanol–water partition coefficient (Wildman–Crippen LogP) is 2.01. The molecule has 2 N–H and O–H groups in total. The van der Waals surface area contributed by atoms with Gasteiger partial charge >= 0.3 is 0 Å². The van der Waals surface area contributed by atoms with Crippen LogP contribution in [0.25, 0.3) is 0 Å². The summed E-state index contributed by atoms with van der Waals surface area (Å²) in [5.74, 6) is 0.829. The molecule has 1 aromatic carbocycles. The first kappa shape index (κ1) is 11.7. The quantitative estimate of drug-likeness (QED) is 0.865. The lowest BCUT2D eigenvalue weighted by Gasteiger charge is -2.29. The molecule has 0 spiro atoms. The van der Waals surface area contributed by atoms with Crippen LogP contribution in [-0.4, -0.2) is 23.4 Å². The molecule has 1 aliphatic carbocycles.